The zero-order chi connectivity index (χ0) is 23.9. The summed E-state index contributed by atoms with van der Waals surface area (Å²) in [5, 5.41) is 0. The molecule has 2 aromatic rings. The lowest BCUT2D eigenvalue weighted by atomic mass is 10.2. The van der Waals surface area contributed by atoms with Crippen molar-refractivity contribution in [2.24, 2.45) is 0 Å². The quantitative estimate of drug-likeness (QED) is 0.416. The maximum Gasteiger partial charge on any atom is 0.321 e. The number of carbonyl (C=O) groups is 3. The number of sulfonamides is 1. The first-order valence-electron chi connectivity index (χ1n) is 9.36. The Balaban J connectivity index is 1.83. The Bertz CT molecular complexity index is 1100. The summed E-state index contributed by atoms with van der Waals surface area (Å²) in [7, 11) is -1.22. The normalized spacial score (nSPS) is 11.0. The van der Waals surface area contributed by atoms with Crippen molar-refractivity contribution in [1.82, 2.24) is 9.62 Å². The highest BCUT2D eigenvalue weighted by molar-refractivity contribution is 7.89. The Kier molecular flexibility index (Phi) is 8.44. The second-order valence-electron chi connectivity index (χ2n) is 6.78. The minimum atomic E-state index is -4.01. The van der Waals surface area contributed by atoms with Crippen molar-refractivity contribution in [3.63, 3.8) is 0 Å². The molecule has 0 aliphatic carbocycles. The summed E-state index contributed by atoms with van der Waals surface area (Å²) in [6.45, 7) is 0.131. The number of ether oxygens (including phenoxy) is 2. The van der Waals surface area contributed by atoms with E-state index in [1.807, 2.05) is 0 Å². The lowest BCUT2D eigenvalue weighted by Gasteiger charge is -2.17. The summed E-state index contributed by atoms with van der Waals surface area (Å²) in [6.07, 6.45) is 0. The summed E-state index contributed by atoms with van der Waals surface area (Å²) >= 11 is 0. The maximum absolute atomic E-state index is 13.7. The molecule has 0 bridgehead atoms. The van der Waals surface area contributed by atoms with E-state index < -0.39 is 40.9 Å². The number of rotatable bonds is 10. The number of carbonyl (C=O) groups excluding carboxylic acids is 3. The number of nitrogens with one attached hydrogen (secondary N) is 1. The number of halogens is 1. The van der Waals surface area contributed by atoms with E-state index in [1.165, 1.54) is 62.4 Å². The predicted molar refractivity (Wildman–Crippen MR) is 112 cm³/mol. The molecule has 0 heterocycles. The van der Waals surface area contributed by atoms with E-state index in [0.717, 1.165) is 0 Å². The molecule has 0 spiro atoms. The van der Waals surface area contributed by atoms with Gasteiger partial charge in [0, 0.05) is 19.2 Å². The van der Waals surface area contributed by atoms with Gasteiger partial charge < -0.3 is 14.4 Å². The second-order valence-corrected chi connectivity index (χ2v) is 8.55. The highest BCUT2D eigenvalue weighted by Crippen LogP contribution is 2.18. The van der Waals surface area contributed by atoms with E-state index in [1.54, 1.807) is 6.07 Å². The number of esters is 1. The maximum atomic E-state index is 13.7. The lowest BCUT2D eigenvalue weighted by Crippen LogP contribution is -2.34. The van der Waals surface area contributed by atoms with E-state index >= 15 is 0 Å². The smallest absolute Gasteiger partial charge is 0.321 e. The number of Topliss-reactive ketones (excluding diaryl/α,β-unsaturated/α-hetero) is 1. The van der Waals surface area contributed by atoms with Gasteiger partial charge in [-0.15, -0.1) is 0 Å². The summed E-state index contributed by atoms with van der Waals surface area (Å²) < 4.78 is 49.9. The van der Waals surface area contributed by atoms with Crippen molar-refractivity contribution in [2.45, 2.75) is 18.4 Å². The number of nitrogens with zero attached hydrogens (tertiary/aromatic N) is 1. The Morgan fingerprint density at radius 1 is 1.09 bits per heavy atom. The molecule has 0 aromatic heterocycles. The molecule has 1 amide bonds. The molecule has 2 aromatic carbocycles. The standard InChI is InChI=1S/C21H23FN2O7S/c1-14(25)16-5-7-17(8-6-16)32(28,29)23-11-21(27)31-13-20(26)24(2)12-15-4-9-19(30-3)18(22)10-15/h4-10,23H,11-13H2,1-3H3. The van der Waals surface area contributed by atoms with Crippen LogP contribution in [0.5, 0.6) is 5.75 Å². The van der Waals surface area contributed by atoms with Gasteiger partial charge in [-0.25, -0.2) is 12.8 Å². The van der Waals surface area contributed by atoms with Gasteiger partial charge in [-0.05, 0) is 36.8 Å². The molecule has 0 saturated heterocycles. The van der Waals surface area contributed by atoms with Crippen LogP contribution in [0.3, 0.4) is 0 Å². The van der Waals surface area contributed by atoms with Gasteiger partial charge in [0.2, 0.25) is 10.0 Å². The van der Waals surface area contributed by atoms with Crippen molar-refractivity contribution < 1.29 is 36.7 Å². The summed E-state index contributed by atoms with van der Waals surface area (Å²) in [6, 6.07) is 9.46. The van der Waals surface area contributed by atoms with Crippen LogP contribution in [-0.2, 0) is 30.9 Å². The molecule has 1 N–H and O–H groups in total. The van der Waals surface area contributed by atoms with Crippen LogP contribution in [0.15, 0.2) is 47.4 Å². The fourth-order valence-corrected chi connectivity index (χ4v) is 3.55. The van der Waals surface area contributed by atoms with Gasteiger partial charge in [-0.3, -0.25) is 14.4 Å². The second kappa shape index (κ2) is 10.8. The molecule has 0 aliphatic rings. The van der Waals surface area contributed by atoms with E-state index in [2.05, 4.69) is 4.72 Å². The van der Waals surface area contributed by atoms with Crippen LogP contribution >= 0.6 is 0 Å². The van der Waals surface area contributed by atoms with E-state index in [9.17, 15) is 27.2 Å². The first-order valence-corrected chi connectivity index (χ1v) is 10.8. The fourth-order valence-electron chi connectivity index (χ4n) is 2.58. The van der Waals surface area contributed by atoms with Crippen LogP contribution in [0, 0.1) is 5.82 Å². The van der Waals surface area contributed by atoms with Crippen LogP contribution in [0.25, 0.3) is 0 Å². The molecule has 0 aliphatic heterocycles. The third kappa shape index (κ3) is 6.86. The number of ketones is 1. The molecule has 9 nitrogen and oxygen atoms in total. The van der Waals surface area contributed by atoms with Crippen molar-refractivity contribution >= 4 is 27.7 Å². The average Bonchev–Trinajstić information content (AvgIpc) is 2.76. The number of hydrogen-bond acceptors (Lipinski definition) is 7. The minimum absolute atomic E-state index is 0.0696. The minimum Gasteiger partial charge on any atom is -0.494 e. The Hall–Kier alpha value is -3.31. The van der Waals surface area contributed by atoms with Gasteiger partial charge in [-0.2, -0.15) is 4.72 Å². The molecular formula is C21H23FN2O7S. The van der Waals surface area contributed by atoms with Crippen LogP contribution in [0.1, 0.15) is 22.8 Å². The SMILES string of the molecule is COc1ccc(CN(C)C(=O)COC(=O)CNS(=O)(=O)c2ccc(C(C)=O)cc2)cc1F. The fraction of sp³-hybridized carbons (Fsp3) is 0.286. The molecular weight excluding hydrogens is 443 g/mol. The van der Waals surface area contributed by atoms with Crippen molar-refractivity contribution in [3.8, 4) is 5.75 Å². The van der Waals surface area contributed by atoms with Gasteiger partial charge in [0.15, 0.2) is 24.0 Å². The van der Waals surface area contributed by atoms with Gasteiger partial charge >= 0.3 is 5.97 Å². The number of hydrogen-bond donors (Lipinski definition) is 1. The molecule has 11 heteroatoms. The number of amides is 1. The zero-order valence-electron chi connectivity index (χ0n) is 17.8. The van der Waals surface area contributed by atoms with Crippen LogP contribution in [0.4, 0.5) is 4.39 Å². The molecule has 2 rings (SSSR count). The first-order chi connectivity index (χ1) is 15.0. The Morgan fingerprint density at radius 2 is 1.75 bits per heavy atom. The summed E-state index contributed by atoms with van der Waals surface area (Å²) in [4.78, 5) is 36.3. The third-order valence-electron chi connectivity index (χ3n) is 4.40. The lowest BCUT2D eigenvalue weighted by molar-refractivity contribution is -0.150. The van der Waals surface area contributed by atoms with Gasteiger partial charge in [0.25, 0.3) is 5.91 Å². The number of likely N-dealkylation sites (N-methyl/N-ethyl adjacent to an activating group) is 1. The van der Waals surface area contributed by atoms with E-state index in [4.69, 9.17) is 9.47 Å². The molecule has 172 valence electrons. The molecule has 0 atom stereocenters. The highest BCUT2D eigenvalue weighted by Gasteiger charge is 2.18. The Morgan fingerprint density at radius 3 is 2.31 bits per heavy atom. The monoisotopic (exact) mass is 466 g/mol. The average molecular weight is 466 g/mol. The van der Waals surface area contributed by atoms with Gasteiger partial charge in [0.1, 0.15) is 6.54 Å². The van der Waals surface area contributed by atoms with Crippen molar-refractivity contribution in [3.05, 3.63) is 59.4 Å². The topological polar surface area (TPSA) is 119 Å². The van der Waals surface area contributed by atoms with E-state index in [0.29, 0.717) is 11.1 Å². The van der Waals surface area contributed by atoms with Crippen LogP contribution in [0.2, 0.25) is 0 Å². The van der Waals surface area contributed by atoms with Crippen LogP contribution < -0.4 is 9.46 Å². The largest absolute Gasteiger partial charge is 0.494 e. The molecule has 32 heavy (non-hydrogen) atoms. The molecule has 0 saturated carbocycles. The number of benzene rings is 2. The molecule has 0 unspecified atom stereocenters. The third-order valence-corrected chi connectivity index (χ3v) is 5.81. The van der Waals surface area contributed by atoms with Crippen LogP contribution in [-0.4, -0.2) is 58.3 Å². The Labute approximate surface area is 185 Å². The van der Waals surface area contributed by atoms with Gasteiger partial charge in [-0.1, -0.05) is 18.2 Å². The van der Waals surface area contributed by atoms with Crippen molar-refractivity contribution in [2.75, 3.05) is 27.3 Å². The zero-order valence-corrected chi connectivity index (χ0v) is 18.6. The molecule has 0 fully saturated rings. The summed E-state index contributed by atoms with van der Waals surface area (Å²) in [5.41, 5.74) is 0.859. The predicted octanol–water partition coefficient (Wildman–Crippen LogP) is 1.52. The van der Waals surface area contributed by atoms with Crippen molar-refractivity contribution in [1.29, 1.82) is 0 Å². The van der Waals surface area contributed by atoms with Gasteiger partial charge in [0.05, 0.1) is 12.0 Å². The number of methoxy groups -OCH3 is 1. The molecule has 0 radical (unpaired) electrons. The summed E-state index contributed by atoms with van der Waals surface area (Å²) in [5.74, 6) is -2.21. The first kappa shape index (κ1) is 25.0. The van der Waals surface area contributed by atoms with E-state index in [-0.39, 0.29) is 23.0 Å². The highest BCUT2D eigenvalue weighted by atomic mass is 32.2.